The molecule has 1 atom stereocenters. The van der Waals surface area contributed by atoms with Crippen LogP contribution in [0, 0.1) is 6.92 Å². The normalized spacial score (nSPS) is 18.5. The van der Waals surface area contributed by atoms with Crippen LogP contribution < -0.4 is 15.4 Å². The van der Waals surface area contributed by atoms with Gasteiger partial charge >= 0.3 is 0 Å². The molecule has 174 valence electrons. The van der Waals surface area contributed by atoms with Crippen LogP contribution in [-0.4, -0.2) is 42.6 Å². The summed E-state index contributed by atoms with van der Waals surface area (Å²) < 4.78 is 20.6. The van der Waals surface area contributed by atoms with Gasteiger partial charge in [0.1, 0.15) is 16.5 Å². The molecule has 33 heavy (non-hydrogen) atoms. The molecule has 2 N–H and O–H groups in total. The molecule has 1 fully saturated rings. The highest BCUT2D eigenvalue weighted by Gasteiger charge is 2.25. The van der Waals surface area contributed by atoms with E-state index in [9.17, 15) is 4.21 Å². The number of aryl methyl sites for hydroxylation is 2. The van der Waals surface area contributed by atoms with Gasteiger partial charge in [0.2, 0.25) is 5.95 Å². The molecule has 1 aliphatic heterocycles. The Bertz CT molecular complexity index is 1170. The van der Waals surface area contributed by atoms with Gasteiger partial charge in [-0.3, -0.25) is 4.21 Å². The average Bonchev–Trinajstić information content (AvgIpc) is 3.44. The van der Waals surface area contributed by atoms with Gasteiger partial charge in [0.15, 0.2) is 0 Å². The van der Waals surface area contributed by atoms with Crippen LogP contribution in [0.4, 0.5) is 17.5 Å². The van der Waals surface area contributed by atoms with Crippen molar-refractivity contribution >= 4 is 28.3 Å². The van der Waals surface area contributed by atoms with Gasteiger partial charge in [-0.15, -0.1) is 0 Å². The number of methoxy groups -OCH3 is 1. The molecule has 0 radical (unpaired) electrons. The van der Waals surface area contributed by atoms with Crippen molar-refractivity contribution in [1.82, 2.24) is 19.5 Å². The molecule has 2 aromatic heterocycles. The molecule has 3 aromatic rings. The second-order valence-corrected chi connectivity index (χ2v) is 10.2. The Balaban J connectivity index is 1.47. The largest absolute Gasteiger partial charge is 0.494 e. The van der Waals surface area contributed by atoms with Crippen molar-refractivity contribution in [3.8, 4) is 11.4 Å². The van der Waals surface area contributed by atoms with Gasteiger partial charge in [-0.1, -0.05) is 12.8 Å². The molecule has 0 saturated heterocycles. The van der Waals surface area contributed by atoms with Crippen LogP contribution in [-0.2, 0) is 17.2 Å². The smallest absolute Gasteiger partial charge is 0.229 e. The van der Waals surface area contributed by atoms with Crippen molar-refractivity contribution in [2.24, 2.45) is 0 Å². The predicted octanol–water partition coefficient (Wildman–Crippen LogP) is 4.52. The Morgan fingerprint density at radius 2 is 2.00 bits per heavy atom. The molecule has 5 rings (SSSR count). The highest BCUT2D eigenvalue weighted by molar-refractivity contribution is 7.85. The summed E-state index contributed by atoms with van der Waals surface area (Å²) in [5.74, 6) is 2.64. The highest BCUT2D eigenvalue weighted by atomic mass is 32.2. The lowest BCUT2D eigenvalue weighted by Crippen LogP contribution is -2.19. The summed E-state index contributed by atoms with van der Waals surface area (Å²) in [4.78, 5) is 14.7. The maximum Gasteiger partial charge on any atom is 0.229 e. The monoisotopic (exact) mass is 466 g/mol. The van der Waals surface area contributed by atoms with Crippen molar-refractivity contribution in [2.45, 2.75) is 62.8 Å². The molecule has 8 nitrogen and oxygen atoms in total. The minimum atomic E-state index is -1.07. The minimum absolute atomic E-state index is 0.384. The Labute approximate surface area is 196 Å². The Kier molecular flexibility index (Phi) is 6.30. The molecule has 1 saturated carbocycles. The molecule has 0 spiro atoms. The molecule has 9 heteroatoms. The van der Waals surface area contributed by atoms with Gasteiger partial charge in [-0.2, -0.15) is 4.98 Å². The molecular formula is C24H30N6O2S. The molecule has 1 aromatic carbocycles. The Hall–Kier alpha value is -2.94. The van der Waals surface area contributed by atoms with E-state index in [1.807, 2.05) is 35.9 Å². The topological polar surface area (TPSA) is 94.0 Å². The second-order valence-electron chi connectivity index (χ2n) is 8.74. The van der Waals surface area contributed by atoms with E-state index in [1.54, 1.807) is 13.4 Å². The summed E-state index contributed by atoms with van der Waals surface area (Å²) in [6, 6.07) is 6.28. The number of fused-ring (bicyclic) bond motifs is 1. The molecule has 1 unspecified atom stereocenters. The summed E-state index contributed by atoms with van der Waals surface area (Å²) in [5, 5.41) is 6.94. The van der Waals surface area contributed by atoms with E-state index in [4.69, 9.17) is 14.7 Å². The Morgan fingerprint density at radius 1 is 1.15 bits per heavy atom. The fourth-order valence-corrected chi connectivity index (χ4v) is 6.00. The lowest BCUT2D eigenvalue weighted by Gasteiger charge is -2.19. The summed E-state index contributed by atoms with van der Waals surface area (Å²) in [7, 11) is 0.587. The van der Waals surface area contributed by atoms with E-state index >= 15 is 0 Å². The molecule has 1 aliphatic carbocycles. The number of benzene rings is 1. The summed E-state index contributed by atoms with van der Waals surface area (Å²) in [6.45, 7) is 1.96. The Morgan fingerprint density at radius 3 is 2.76 bits per heavy atom. The number of ether oxygens (including phenoxy) is 1. The van der Waals surface area contributed by atoms with Crippen molar-refractivity contribution < 1.29 is 8.95 Å². The minimum Gasteiger partial charge on any atom is -0.494 e. The van der Waals surface area contributed by atoms with Crippen LogP contribution in [0.2, 0.25) is 0 Å². The van der Waals surface area contributed by atoms with Gasteiger partial charge in [-0.05, 0) is 51.2 Å². The molecule has 0 amide bonds. The van der Waals surface area contributed by atoms with Crippen LogP contribution in [0.3, 0.4) is 0 Å². The first-order chi connectivity index (χ1) is 16.1. The summed E-state index contributed by atoms with van der Waals surface area (Å²) >= 11 is 0. The highest BCUT2D eigenvalue weighted by Crippen LogP contribution is 2.32. The molecule has 2 aliphatic rings. The van der Waals surface area contributed by atoms with Crippen LogP contribution >= 0.6 is 0 Å². The number of nitrogens with one attached hydrogen (secondary N) is 2. The number of aromatic nitrogens is 4. The number of nitrogens with zero attached hydrogens (tertiary/aromatic N) is 4. The summed E-state index contributed by atoms with van der Waals surface area (Å²) in [6.07, 6.45) is 11.2. The zero-order valence-electron chi connectivity index (χ0n) is 19.1. The first-order valence-corrected chi connectivity index (χ1v) is 12.9. The number of anilines is 3. The fraction of sp³-hybridized carbons (Fsp3) is 0.458. The average molecular weight is 467 g/mol. The number of imidazole rings is 1. The van der Waals surface area contributed by atoms with E-state index in [-0.39, 0.29) is 0 Å². The predicted molar refractivity (Wildman–Crippen MR) is 130 cm³/mol. The maximum absolute atomic E-state index is 13.0. The van der Waals surface area contributed by atoms with E-state index in [2.05, 4.69) is 15.6 Å². The quantitative estimate of drug-likeness (QED) is 0.551. The zero-order valence-corrected chi connectivity index (χ0v) is 20.0. The maximum atomic E-state index is 13.0. The lowest BCUT2D eigenvalue weighted by atomic mass is 10.2. The van der Waals surface area contributed by atoms with E-state index in [0.29, 0.717) is 17.7 Å². The van der Waals surface area contributed by atoms with Crippen molar-refractivity contribution in [3.05, 3.63) is 42.1 Å². The lowest BCUT2D eigenvalue weighted by molar-refractivity contribution is 0.413. The molecular weight excluding hydrogens is 436 g/mol. The summed E-state index contributed by atoms with van der Waals surface area (Å²) in [5.41, 5.74) is 3.57. The molecule has 0 bridgehead atoms. The number of rotatable bonds is 6. The van der Waals surface area contributed by atoms with Gasteiger partial charge in [0.25, 0.3) is 0 Å². The van der Waals surface area contributed by atoms with Crippen LogP contribution in [0.1, 0.15) is 49.9 Å². The van der Waals surface area contributed by atoms with Gasteiger partial charge < -0.3 is 19.9 Å². The SMILES string of the molecule is COc1cc(Nc2nc3c(c(NC4CCCC4)n2)S(=O)CCCC3)ccc1-n1cnc(C)c1. The van der Waals surface area contributed by atoms with Crippen molar-refractivity contribution in [2.75, 3.05) is 23.5 Å². The first-order valence-electron chi connectivity index (χ1n) is 11.6. The first kappa shape index (κ1) is 21.9. The van der Waals surface area contributed by atoms with Gasteiger partial charge in [-0.25, -0.2) is 9.97 Å². The van der Waals surface area contributed by atoms with Crippen LogP contribution in [0.15, 0.2) is 35.6 Å². The van der Waals surface area contributed by atoms with Crippen LogP contribution in [0.25, 0.3) is 5.69 Å². The van der Waals surface area contributed by atoms with Crippen LogP contribution in [0.5, 0.6) is 5.75 Å². The third-order valence-corrected chi connectivity index (χ3v) is 7.82. The van der Waals surface area contributed by atoms with Crippen molar-refractivity contribution in [1.29, 1.82) is 0 Å². The van der Waals surface area contributed by atoms with E-state index in [0.717, 1.165) is 71.3 Å². The number of hydrogen-bond donors (Lipinski definition) is 2. The third kappa shape index (κ3) is 4.73. The fourth-order valence-electron chi connectivity index (χ4n) is 4.60. The van der Waals surface area contributed by atoms with E-state index < -0.39 is 10.8 Å². The standard InChI is InChI=1S/C24H30N6O2S/c1-16-14-30(15-25-16)20-11-10-18(13-21(20)32-2)27-24-28-19-9-5-6-12-33(31)22(19)23(29-24)26-17-7-3-4-8-17/h10-11,13-15,17H,3-9,12H2,1-2H3,(H2,26,27,28,29). The van der Waals surface area contributed by atoms with Crippen molar-refractivity contribution in [3.63, 3.8) is 0 Å². The van der Waals surface area contributed by atoms with Gasteiger partial charge in [0, 0.05) is 29.7 Å². The third-order valence-electron chi connectivity index (χ3n) is 6.28. The second kappa shape index (κ2) is 9.51. The van der Waals surface area contributed by atoms with E-state index in [1.165, 1.54) is 12.8 Å². The number of hydrogen-bond acceptors (Lipinski definition) is 7. The van der Waals surface area contributed by atoms with Gasteiger partial charge in [0.05, 0.1) is 41.3 Å². The zero-order chi connectivity index (χ0) is 22.8. The molecule has 3 heterocycles.